The van der Waals surface area contributed by atoms with E-state index in [4.69, 9.17) is 9.84 Å². The van der Waals surface area contributed by atoms with E-state index >= 15 is 0 Å². The maximum atomic E-state index is 13.2. The molecule has 1 N–H and O–H groups in total. The van der Waals surface area contributed by atoms with Crippen molar-refractivity contribution >= 4 is 34.9 Å². The van der Waals surface area contributed by atoms with Gasteiger partial charge in [-0.25, -0.2) is 9.18 Å². The molecule has 4 fully saturated rings. The van der Waals surface area contributed by atoms with Crippen molar-refractivity contribution in [2.75, 3.05) is 32.6 Å². The number of benzene rings is 1. The SMILES string of the molecule is CCl.O=C(C[N+]12CCC(CC1)CC2)c1cccs1.O=C(O)OC(c1cccc(F)c1)C1CCCCC1. The molecule has 0 spiro atoms. The van der Waals surface area contributed by atoms with Gasteiger partial charge in [-0.2, -0.15) is 0 Å². The number of alkyl halides is 1. The second kappa shape index (κ2) is 14.1. The Morgan fingerprint density at radius 1 is 1.06 bits per heavy atom. The number of Topliss-reactive ketones (excluding diaryl/α,β-unsaturated/α-hetero) is 1. The van der Waals surface area contributed by atoms with Crippen LogP contribution in [0.3, 0.4) is 0 Å². The maximum absolute atomic E-state index is 13.2. The van der Waals surface area contributed by atoms with Gasteiger partial charge in [0, 0.05) is 12.3 Å². The monoisotopic (exact) mass is 538 g/mol. The number of hydrogen-bond acceptors (Lipinski definition) is 4. The van der Waals surface area contributed by atoms with Crippen LogP contribution < -0.4 is 0 Å². The Kier molecular flexibility index (Phi) is 11.2. The van der Waals surface area contributed by atoms with E-state index in [-0.39, 0.29) is 11.7 Å². The minimum atomic E-state index is -1.30. The van der Waals surface area contributed by atoms with Crippen LogP contribution in [-0.4, -0.2) is 54.1 Å². The number of fused-ring (bicyclic) bond motifs is 3. The van der Waals surface area contributed by atoms with Crippen molar-refractivity contribution in [1.29, 1.82) is 0 Å². The zero-order valence-corrected chi connectivity index (χ0v) is 22.6. The molecule has 1 aromatic carbocycles. The number of ketones is 1. The van der Waals surface area contributed by atoms with Gasteiger partial charge in [0.05, 0.1) is 24.5 Å². The number of carbonyl (C=O) groups excluding carboxylic acids is 1. The Morgan fingerprint density at radius 2 is 1.72 bits per heavy atom. The number of quaternary nitrogens is 1. The second-order valence-electron chi connectivity index (χ2n) is 10.1. The topological polar surface area (TPSA) is 63.6 Å². The number of thiophene rings is 1. The van der Waals surface area contributed by atoms with Gasteiger partial charge in [-0.05, 0) is 67.2 Å². The molecule has 3 aliphatic heterocycles. The fourth-order valence-electron chi connectivity index (χ4n) is 5.86. The molecule has 2 aromatic rings. The Hall–Kier alpha value is -1.96. The molecule has 0 radical (unpaired) electrons. The number of ether oxygens (including phenoxy) is 1. The van der Waals surface area contributed by atoms with E-state index in [1.165, 1.54) is 63.8 Å². The third-order valence-corrected chi connectivity index (χ3v) is 8.70. The highest BCUT2D eigenvalue weighted by molar-refractivity contribution is 7.12. The summed E-state index contributed by atoms with van der Waals surface area (Å²) in [6, 6.07) is 9.96. The van der Waals surface area contributed by atoms with Crippen molar-refractivity contribution in [3.63, 3.8) is 0 Å². The number of halogens is 2. The second-order valence-corrected chi connectivity index (χ2v) is 11.0. The van der Waals surface area contributed by atoms with Gasteiger partial charge in [0.25, 0.3) is 0 Å². The van der Waals surface area contributed by atoms with Crippen LogP contribution in [-0.2, 0) is 4.74 Å². The van der Waals surface area contributed by atoms with Gasteiger partial charge in [-0.1, -0.05) is 37.5 Å². The van der Waals surface area contributed by atoms with Crippen molar-refractivity contribution < 1.29 is 28.3 Å². The fraction of sp³-hybridized carbons (Fsp3) is 0.571. The van der Waals surface area contributed by atoms with Gasteiger partial charge in [-0.15, -0.1) is 22.9 Å². The molecule has 198 valence electrons. The Bertz CT molecular complexity index is 942. The van der Waals surface area contributed by atoms with Gasteiger partial charge in [-0.3, -0.25) is 4.79 Å². The zero-order chi connectivity index (χ0) is 26.0. The number of rotatable bonds is 6. The number of nitrogens with zero attached hydrogens (tertiary/aromatic N) is 1. The summed E-state index contributed by atoms with van der Waals surface area (Å²) in [7, 11) is 0. The van der Waals surface area contributed by atoms with E-state index in [9.17, 15) is 14.0 Å². The Morgan fingerprint density at radius 3 is 2.28 bits per heavy atom. The lowest BCUT2D eigenvalue weighted by Gasteiger charge is -2.48. The predicted octanol–water partition coefficient (Wildman–Crippen LogP) is 7.56. The lowest BCUT2D eigenvalue weighted by molar-refractivity contribution is -0.935. The lowest BCUT2D eigenvalue weighted by atomic mass is 9.82. The number of piperidine rings is 3. The Balaban J connectivity index is 0.000000189. The van der Waals surface area contributed by atoms with Crippen LogP contribution in [0.4, 0.5) is 9.18 Å². The van der Waals surface area contributed by atoms with Crippen LogP contribution >= 0.6 is 22.9 Å². The van der Waals surface area contributed by atoms with Crippen molar-refractivity contribution in [3.8, 4) is 0 Å². The summed E-state index contributed by atoms with van der Waals surface area (Å²) in [6.07, 6.45) is 8.89. The lowest BCUT2D eigenvalue weighted by Crippen LogP contribution is -2.60. The average molecular weight is 539 g/mol. The summed E-state index contributed by atoms with van der Waals surface area (Å²) in [4.78, 5) is 23.9. The largest absolute Gasteiger partial charge is 0.506 e. The smallest absolute Gasteiger partial charge is 0.450 e. The molecule has 1 saturated carbocycles. The first-order valence-electron chi connectivity index (χ1n) is 12.9. The number of carboxylic acid groups (broad SMARTS) is 1. The quantitative estimate of drug-likeness (QED) is 0.178. The van der Waals surface area contributed by atoms with Gasteiger partial charge in [0.15, 0.2) is 0 Å². The molecular weight excluding hydrogens is 501 g/mol. The molecule has 1 unspecified atom stereocenters. The maximum Gasteiger partial charge on any atom is 0.506 e. The molecule has 1 atom stereocenters. The first kappa shape index (κ1) is 28.6. The van der Waals surface area contributed by atoms with Crippen molar-refractivity contribution in [2.45, 2.75) is 57.5 Å². The third kappa shape index (κ3) is 8.02. The highest BCUT2D eigenvalue weighted by Gasteiger charge is 2.41. The third-order valence-electron chi connectivity index (χ3n) is 7.79. The van der Waals surface area contributed by atoms with Crippen LogP contribution in [0.25, 0.3) is 0 Å². The highest BCUT2D eigenvalue weighted by atomic mass is 35.5. The van der Waals surface area contributed by atoms with Crippen molar-refractivity contribution in [2.24, 2.45) is 11.8 Å². The van der Waals surface area contributed by atoms with E-state index in [1.54, 1.807) is 23.5 Å². The predicted molar refractivity (Wildman–Crippen MR) is 142 cm³/mol. The van der Waals surface area contributed by atoms with Crippen LogP contribution in [0.1, 0.15) is 72.7 Å². The first-order valence-corrected chi connectivity index (χ1v) is 14.5. The summed E-state index contributed by atoms with van der Waals surface area (Å²) < 4.78 is 19.3. The molecule has 1 aromatic heterocycles. The van der Waals surface area contributed by atoms with Crippen LogP contribution in [0, 0.1) is 17.7 Å². The van der Waals surface area contributed by atoms with Crippen LogP contribution in [0.2, 0.25) is 0 Å². The molecule has 4 heterocycles. The van der Waals surface area contributed by atoms with Crippen molar-refractivity contribution in [1.82, 2.24) is 0 Å². The molecular formula is C28H38ClFNO4S+. The van der Waals surface area contributed by atoms with E-state index in [0.29, 0.717) is 11.3 Å². The minimum Gasteiger partial charge on any atom is -0.450 e. The van der Waals surface area contributed by atoms with Gasteiger partial charge >= 0.3 is 6.16 Å². The van der Waals surface area contributed by atoms with Gasteiger partial charge < -0.3 is 14.3 Å². The zero-order valence-electron chi connectivity index (χ0n) is 21.0. The molecule has 36 heavy (non-hydrogen) atoms. The van der Waals surface area contributed by atoms with Crippen molar-refractivity contribution in [3.05, 3.63) is 58.0 Å². The van der Waals surface area contributed by atoms with E-state index in [0.717, 1.165) is 47.5 Å². The number of carbonyl (C=O) groups is 2. The molecule has 3 saturated heterocycles. The fourth-order valence-corrected chi connectivity index (χ4v) is 6.52. The normalized spacial score (nSPS) is 23.9. The molecule has 2 bridgehead atoms. The summed E-state index contributed by atoms with van der Waals surface area (Å²) in [5.74, 6) is 1.13. The van der Waals surface area contributed by atoms with E-state index in [2.05, 4.69) is 11.6 Å². The summed E-state index contributed by atoms with van der Waals surface area (Å²) >= 11 is 6.22. The summed E-state index contributed by atoms with van der Waals surface area (Å²) in [5.41, 5.74) is 0.615. The van der Waals surface area contributed by atoms with Gasteiger partial charge in [0.2, 0.25) is 5.78 Å². The highest BCUT2D eigenvalue weighted by Crippen LogP contribution is 2.37. The Labute approximate surface area is 222 Å². The summed E-state index contributed by atoms with van der Waals surface area (Å²) in [6.45, 7) is 4.46. The summed E-state index contributed by atoms with van der Waals surface area (Å²) in [5, 5.41) is 10.8. The van der Waals surface area contributed by atoms with E-state index < -0.39 is 12.3 Å². The molecule has 8 heteroatoms. The van der Waals surface area contributed by atoms with Gasteiger partial charge in [0.1, 0.15) is 18.5 Å². The first-order chi connectivity index (χ1) is 17.4. The molecule has 6 rings (SSSR count). The van der Waals surface area contributed by atoms with E-state index in [1.807, 2.05) is 17.5 Å². The molecule has 0 amide bonds. The number of hydrogen-bond donors (Lipinski definition) is 1. The standard InChI is InChI=1S/C14H17FO3.C13H18NOS.CH3Cl/c15-12-8-4-7-11(9-12)13(18-14(16)17)10-5-2-1-3-6-10;15-12(13-2-1-9-16-13)10-14-6-3-11(4-7-14)5-8-14;1-2/h4,7-10,13H,1-3,5-6H2,(H,16,17);1-2,9,11H,3-8,10H2;1H3/q;+1;. The average Bonchev–Trinajstić information content (AvgIpc) is 3.46. The molecule has 5 nitrogen and oxygen atoms in total. The minimum absolute atomic E-state index is 0.164. The van der Waals surface area contributed by atoms with Crippen LogP contribution in [0.15, 0.2) is 41.8 Å². The van der Waals surface area contributed by atoms with Crippen LogP contribution in [0.5, 0.6) is 0 Å². The molecule has 4 aliphatic rings. The molecule has 1 aliphatic carbocycles.